The van der Waals surface area contributed by atoms with Crippen LogP contribution in [0.5, 0.6) is 0 Å². The van der Waals surface area contributed by atoms with Crippen molar-refractivity contribution in [2.75, 3.05) is 29.9 Å². The number of anilines is 2. The SMILES string of the molecule is O=C(Nc1ccccc1)N1CCC(=O)N(c2c(Cl)cncc2Cl)CC1. The van der Waals surface area contributed by atoms with E-state index in [4.69, 9.17) is 23.2 Å². The molecule has 8 heteroatoms. The van der Waals surface area contributed by atoms with E-state index in [1.165, 1.54) is 17.3 Å². The highest BCUT2D eigenvalue weighted by molar-refractivity contribution is 6.39. The molecule has 2 heterocycles. The summed E-state index contributed by atoms with van der Waals surface area (Å²) in [6.07, 6.45) is 3.08. The summed E-state index contributed by atoms with van der Waals surface area (Å²) in [6, 6.07) is 8.94. The van der Waals surface area contributed by atoms with Crippen LogP contribution in [0, 0.1) is 0 Å². The van der Waals surface area contributed by atoms with E-state index in [2.05, 4.69) is 10.3 Å². The smallest absolute Gasteiger partial charge is 0.321 e. The number of hydrogen-bond donors (Lipinski definition) is 1. The van der Waals surface area contributed by atoms with Crippen molar-refractivity contribution in [2.24, 2.45) is 0 Å². The van der Waals surface area contributed by atoms with Crippen molar-refractivity contribution < 1.29 is 9.59 Å². The third kappa shape index (κ3) is 4.03. The minimum atomic E-state index is -0.243. The van der Waals surface area contributed by atoms with Crippen molar-refractivity contribution in [3.63, 3.8) is 0 Å². The Bertz CT molecular complexity index is 765. The Morgan fingerprint density at radius 3 is 2.40 bits per heavy atom. The van der Waals surface area contributed by atoms with Gasteiger partial charge in [-0.15, -0.1) is 0 Å². The van der Waals surface area contributed by atoms with E-state index in [0.717, 1.165) is 0 Å². The van der Waals surface area contributed by atoms with Gasteiger partial charge in [-0.2, -0.15) is 0 Å². The Hall–Kier alpha value is -2.31. The molecule has 3 rings (SSSR count). The van der Waals surface area contributed by atoms with Crippen LogP contribution < -0.4 is 10.2 Å². The number of para-hydroxylation sites is 1. The Labute approximate surface area is 155 Å². The molecule has 1 aromatic carbocycles. The molecule has 1 saturated heterocycles. The summed E-state index contributed by atoms with van der Waals surface area (Å²) in [6.45, 7) is 1.01. The number of carbonyl (C=O) groups is 2. The number of hydrogen-bond acceptors (Lipinski definition) is 3. The van der Waals surface area contributed by atoms with Crippen LogP contribution in [0.1, 0.15) is 6.42 Å². The monoisotopic (exact) mass is 378 g/mol. The summed E-state index contributed by atoms with van der Waals surface area (Å²) in [4.78, 5) is 31.9. The zero-order valence-corrected chi connectivity index (χ0v) is 14.8. The van der Waals surface area contributed by atoms with E-state index in [9.17, 15) is 9.59 Å². The van der Waals surface area contributed by atoms with Gasteiger partial charge in [0, 0.05) is 44.1 Å². The minimum Gasteiger partial charge on any atom is -0.322 e. The number of carbonyl (C=O) groups excluding carboxylic acids is 2. The number of amides is 3. The quantitative estimate of drug-likeness (QED) is 0.866. The number of benzene rings is 1. The maximum Gasteiger partial charge on any atom is 0.321 e. The second-order valence-electron chi connectivity index (χ2n) is 5.53. The summed E-state index contributed by atoms with van der Waals surface area (Å²) in [5.74, 6) is -0.134. The highest BCUT2D eigenvalue weighted by atomic mass is 35.5. The lowest BCUT2D eigenvalue weighted by Crippen LogP contribution is -2.38. The molecule has 0 radical (unpaired) electrons. The lowest BCUT2D eigenvalue weighted by Gasteiger charge is -2.23. The largest absolute Gasteiger partial charge is 0.322 e. The average Bonchev–Trinajstić information content (AvgIpc) is 2.78. The van der Waals surface area contributed by atoms with Crippen LogP contribution in [0.15, 0.2) is 42.7 Å². The van der Waals surface area contributed by atoms with Crippen LogP contribution in [0.4, 0.5) is 16.2 Å². The number of rotatable bonds is 2. The minimum absolute atomic E-state index is 0.134. The highest BCUT2D eigenvalue weighted by Crippen LogP contribution is 2.33. The number of nitrogens with zero attached hydrogens (tertiary/aromatic N) is 3. The van der Waals surface area contributed by atoms with E-state index in [1.54, 1.807) is 4.90 Å². The van der Waals surface area contributed by atoms with Gasteiger partial charge in [0.25, 0.3) is 0 Å². The third-order valence-corrected chi connectivity index (χ3v) is 4.45. The molecule has 0 atom stereocenters. The third-order valence-electron chi connectivity index (χ3n) is 3.90. The van der Waals surface area contributed by atoms with E-state index in [0.29, 0.717) is 41.1 Å². The fourth-order valence-electron chi connectivity index (χ4n) is 2.65. The molecule has 130 valence electrons. The Morgan fingerprint density at radius 1 is 1.04 bits per heavy atom. The van der Waals surface area contributed by atoms with Crippen molar-refractivity contribution in [1.82, 2.24) is 9.88 Å². The summed E-state index contributed by atoms with van der Waals surface area (Å²) >= 11 is 12.3. The second kappa shape index (κ2) is 7.72. The van der Waals surface area contributed by atoms with Crippen molar-refractivity contribution in [3.05, 3.63) is 52.8 Å². The van der Waals surface area contributed by atoms with Gasteiger partial charge >= 0.3 is 6.03 Å². The van der Waals surface area contributed by atoms with Crippen LogP contribution in [-0.4, -0.2) is 41.5 Å². The Balaban J connectivity index is 1.73. The molecule has 0 spiro atoms. The average molecular weight is 379 g/mol. The first-order chi connectivity index (χ1) is 12.1. The van der Waals surface area contributed by atoms with Crippen molar-refractivity contribution in [3.8, 4) is 0 Å². The van der Waals surface area contributed by atoms with Crippen LogP contribution in [0.25, 0.3) is 0 Å². The molecule has 1 aromatic heterocycles. The number of urea groups is 1. The van der Waals surface area contributed by atoms with Gasteiger partial charge in [0.15, 0.2) is 0 Å². The predicted molar refractivity (Wildman–Crippen MR) is 98.3 cm³/mol. The van der Waals surface area contributed by atoms with Gasteiger partial charge in [-0.25, -0.2) is 4.79 Å². The molecule has 0 aliphatic carbocycles. The fraction of sp³-hybridized carbons (Fsp3) is 0.235. The number of nitrogens with one attached hydrogen (secondary N) is 1. The fourth-order valence-corrected chi connectivity index (χ4v) is 3.22. The topological polar surface area (TPSA) is 65.5 Å². The zero-order chi connectivity index (χ0) is 17.8. The molecular formula is C17H16Cl2N4O2. The molecule has 0 unspecified atom stereocenters. The number of pyridine rings is 1. The van der Waals surface area contributed by atoms with Gasteiger partial charge in [-0.1, -0.05) is 41.4 Å². The van der Waals surface area contributed by atoms with Gasteiger partial charge in [-0.3, -0.25) is 9.78 Å². The Kier molecular flexibility index (Phi) is 5.40. The first-order valence-electron chi connectivity index (χ1n) is 7.76. The van der Waals surface area contributed by atoms with Gasteiger partial charge in [0.05, 0.1) is 15.7 Å². The van der Waals surface area contributed by atoms with Gasteiger partial charge in [0.2, 0.25) is 5.91 Å². The summed E-state index contributed by atoms with van der Waals surface area (Å²) in [5, 5.41) is 3.44. The molecule has 1 aliphatic rings. The molecule has 1 fully saturated rings. The molecular weight excluding hydrogens is 363 g/mol. The van der Waals surface area contributed by atoms with Crippen LogP contribution >= 0.6 is 23.2 Å². The maximum atomic E-state index is 12.5. The lowest BCUT2D eigenvalue weighted by molar-refractivity contribution is -0.118. The summed E-state index contributed by atoms with van der Waals surface area (Å²) in [7, 11) is 0. The molecule has 2 aromatic rings. The summed E-state index contributed by atoms with van der Waals surface area (Å²) in [5.41, 5.74) is 1.15. The number of halogens is 2. The normalized spacial score (nSPS) is 15.0. The zero-order valence-electron chi connectivity index (χ0n) is 13.3. The maximum absolute atomic E-state index is 12.5. The van der Waals surface area contributed by atoms with Gasteiger partial charge in [-0.05, 0) is 12.1 Å². The molecule has 25 heavy (non-hydrogen) atoms. The second-order valence-corrected chi connectivity index (χ2v) is 6.34. The first kappa shape index (κ1) is 17.5. The predicted octanol–water partition coefficient (Wildman–Crippen LogP) is 3.66. The van der Waals surface area contributed by atoms with Gasteiger partial charge in [0.1, 0.15) is 0 Å². The van der Waals surface area contributed by atoms with Crippen molar-refractivity contribution >= 4 is 46.5 Å². The lowest BCUT2D eigenvalue weighted by atomic mass is 10.3. The van der Waals surface area contributed by atoms with Crippen LogP contribution in [0.2, 0.25) is 10.0 Å². The first-order valence-corrected chi connectivity index (χ1v) is 8.52. The Morgan fingerprint density at radius 2 is 1.72 bits per heavy atom. The van der Waals surface area contributed by atoms with Crippen molar-refractivity contribution in [2.45, 2.75) is 6.42 Å². The van der Waals surface area contributed by atoms with Gasteiger partial charge < -0.3 is 15.1 Å². The summed E-state index contributed by atoms with van der Waals surface area (Å²) < 4.78 is 0. The molecule has 1 aliphatic heterocycles. The van der Waals surface area contributed by atoms with E-state index < -0.39 is 0 Å². The standard InChI is InChI=1S/C17H16Cl2N4O2/c18-13-10-20-11-14(19)16(13)23-9-8-22(7-6-15(23)24)17(25)21-12-4-2-1-3-5-12/h1-5,10-11H,6-9H2,(H,21,25). The van der Waals surface area contributed by atoms with E-state index in [-0.39, 0.29) is 18.4 Å². The van der Waals surface area contributed by atoms with Crippen LogP contribution in [-0.2, 0) is 4.79 Å². The van der Waals surface area contributed by atoms with Crippen molar-refractivity contribution in [1.29, 1.82) is 0 Å². The molecule has 6 nitrogen and oxygen atoms in total. The molecule has 0 bridgehead atoms. The molecule has 3 amide bonds. The van der Waals surface area contributed by atoms with E-state index >= 15 is 0 Å². The molecule has 0 saturated carbocycles. The highest BCUT2D eigenvalue weighted by Gasteiger charge is 2.27. The molecule has 1 N–H and O–H groups in total. The van der Waals surface area contributed by atoms with Crippen LogP contribution in [0.3, 0.4) is 0 Å². The van der Waals surface area contributed by atoms with E-state index in [1.807, 2.05) is 30.3 Å². The number of aromatic nitrogens is 1.